The number of carbonyl (C=O) groups is 2. The number of benzene rings is 2. The van der Waals surface area contributed by atoms with Gasteiger partial charge in [-0.15, -0.1) is 0 Å². The van der Waals surface area contributed by atoms with Crippen molar-refractivity contribution < 1.29 is 14.3 Å². The van der Waals surface area contributed by atoms with Gasteiger partial charge in [0.05, 0.1) is 11.1 Å². The van der Waals surface area contributed by atoms with Gasteiger partial charge in [-0.1, -0.05) is 55.5 Å². The SMILES string of the molecule is C[C@H]1CCc2nc3ccccc3c(C(=O)O[C@@H](C)C(=O)c3ccccc3)c2C1. The van der Waals surface area contributed by atoms with Crippen LogP contribution >= 0.6 is 0 Å². The van der Waals surface area contributed by atoms with Crippen molar-refractivity contribution in [2.24, 2.45) is 5.92 Å². The van der Waals surface area contributed by atoms with Crippen LogP contribution in [0.1, 0.15) is 52.2 Å². The highest BCUT2D eigenvalue weighted by Crippen LogP contribution is 2.32. The number of hydrogen-bond acceptors (Lipinski definition) is 4. The highest BCUT2D eigenvalue weighted by Gasteiger charge is 2.28. The van der Waals surface area contributed by atoms with Crippen LogP contribution in [0.3, 0.4) is 0 Å². The van der Waals surface area contributed by atoms with Crippen LogP contribution in [0.25, 0.3) is 10.9 Å². The molecule has 1 aromatic heterocycles. The Morgan fingerprint density at radius 3 is 2.57 bits per heavy atom. The van der Waals surface area contributed by atoms with E-state index in [2.05, 4.69) is 6.92 Å². The van der Waals surface area contributed by atoms with E-state index in [-0.39, 0.29) is 5.78 Å². The van der Waals surface area contributed by atoms with E-state index in [4.69, 9.17) is 9.72 Å². The van der Waals surface area contributed by atoms with Gasteiger partial charge in [0.1, 0.15) is 0 Å². The predicted octanol–water partition coefficient (Wildman–Crippen LogP) is 4.79. The normalized spacial score (nSPS) is 17.0. The maximum atomic E-state index is 13.2. The number of rotatable bonds is 4. The third-order valence-corrected chi connectivity index (χ3v) is 5.42. The first-order chi connectivity index (χ1) is 13.5. The molecule has 4 heteroatoms. The average molecular weight is 373 g/mol. The maximum Gasteiger partial charge on any atom is 0.339 e. The smallest absolute Gasteiger partial charge is 0.339 e. The van der Waals surface area contributed by atoms with Gasteiger partial charge in [-0.3, -0.25) is 9.78 Å². The molecule has 2 atom stereocenters. The maximum absolute atomic E-state index is 13.2. The Morgan fingerprint density at radius 1 is 1.07 bits per heavy atom. The standard InChI is InChI=1S/C24H23NO3/c1-15-12-13-21-19(14-15)22(18-10-6-7-11-20(18)25-21)24(27)28-16(2)23(26)17-8-4-3-5-9-17/h3-11,15-16H,12-14H2,1-2H3/t15-,16-/m0/s1. The zero-order valence-corrected chi connectivity index (χ0v) is 16.1. The fourth-order valence-corrected chi connectivity index (χ4v) is 3.91. The van der Waals surface area contributed by atoms with E-state index in [1.54, 1.807) is 31.2 Å². The van der Waals surface area contributed by atoms with Crippen molar-refractivity contribution in [3.8, 4) is 0 Å². The summed E-state index contributed by atoms with van der Waals surface area (Å²) < 4.78 is 5.65. The Morgan fingerprint density at radius 2 is 1.79 bits per heavy atom. The summed E-state index contributed by atoms with van der Waals surface area (Å²) in [5, 5.41) is 0.791. The van der Waals surface area contributed by atoms with Crippen LogP contribution in [-0.4, -0.2) is 22.8 Å². The van der Waals surface area contributed by atoms with E-state index in [0.717, 1.165) is 41.4 Å². The number of carbonyl (C=O) groups excluding carboxylic acids is 2. The lowest BCUT2D eigenvalue weighted by Crippen LogP contribution is -2.26. The summed E-state index contributed by atoms with van der Waals surface area (Å²) in [5.74, 6) is -0.152. The van der Waals surface area contributed by atoms with Gasteiger partial charge >= 0.3 is 5.97 Å². The lowest BCUT2D eigenvalue weighted by atomic mass is 9.84. The van der Waals surface area contributed by atoms with Crippen LogP contribution in [-0.2, 0) is 17.6 Å². The number of esters is 1. The fraction of sp³-hybridized carbons (Fsp3) is 0.292. The third kappa shape index (κ3) is 3.42. The average Bonchev–Trinajstić information content (AvgIpc) is 2.72. The summed E-state index contributed by atoms with van der Waals surface area (Å²) in [7, 11) is 0. The number of aryl methyl sites for hydroxylation is 1. The number of Topliss-reactive ketones (excluding diaryl/α,β-unsaturated/α-hetero) is 1. The first-order valence-corrected chi connectivity index (χ1v) is 9.75. The van der Waals surface area contributed by atoms with Gasteiger partial charge in [-0.05, 0) is 43.7 Å². The Bertz CT molecular complexity index is 1040. The molecule has 0 bridgehead atoms. The summed E-state index contributed by atoms with van der Waals surface area (Å²) in [5.41, 5.74) is 3.86. The molecule has 1 aliphatic rings. The number of ether oxygens (including phenoxy) is 1. The molecular weight excluding hydrogens is 350 g/mol. The van der Waals surface area contributed by atoms with Crippen LogP contribution in [0.15, 0.2) is 54.6 Å². The molecule has 0 saturated carbocycles. The van der Waals surface area contributed by atoms with Crippen molar-refractivity contribution in [3.05, 3.63) is 77.0 Å². The number of ketones is 1. The lowest BCUT2D eigenvalue weighted by molar-refractivity contribution is 0.0319. The summed E-state index contributed by atoms with van der Waals surface area (Å²) in [6.07, 6.45) is 1.88. The second-order valence-corrected chi connectivity index (χ2v) is 7.55. The molecule has 1 aliphatic carbocycles. The number of hydrogen-bond donors (Lipinski definition) is 0. The molecule has 3 aromatic rings. The fourth-order valence-electron chi connectivity index (χ4n) is 3.91. The molecular formula is C24H23NO3. The first-order valence-electron chi connectivity index (χ1n) is 9.75. The monoisotopic (exact) mass is 373 g/mol. The molecule has 0 radical (unpaired) electrons. The predicted molar refractivity (Wildman–Crippen MR) is 109 cm³/mol. The van der Waals surface area contributed by atoms with Crippen molar-refractivity contribution in [1.82, 2.24) is 4.98 Å². The molecule has 1 heterocycles. The largest absolute Gasteiger partial charge is 0.451 e. The van der Waals surface area contributed by atoms with Crippen LogP contribution < -0.4 is 0 Å². The van der Waals surface area contributed by atoms with E-state index < -0.39 is 12.1 Å². The van der Waals surface area contributed by atoms with Crippen molar-refractivity contribution >= 4 is 22.7 Å². The van der Waals surface area contributed by atoms with Crippen molar-refractivity contribution in [1.29, 1.82) is 0 Å². The molecule has 0 fully saturated rings. The minimum atomic E-state index is -0.849. The minimum Gasteiger partial charge on any atom is -0.451 e. The topological polar surface area (TPSA) is 56.3 Å². The van der Waals surface area contributed by atoms with Crippen molar-refractivity contribution in [2.45, 2.75) is 39.2 Å². The van der Waals surface area contributed by atoms with Crippen LogP contribution in [0, 0.1) is 5.92 Å². The molecule has 28 heavy (non-hydrogen) atoms. The molecule has 4 nitrogen and oxygen atoms in total. The Balaban J connectivity index is 1.71. The number of para-hydroxylation sites is 1. The quantitative estimate of drug-likeness (QED) is 0.487. The summed E-state index contributed by atoms with van der Waals surface area (Å²) in [6, 6.07) is 16.6. The van der Waals surface area contributed by atoms with Gasteiger partial charge in [0.25, 0.3) is 0 Å². The number of aromatic nitrogens is 1. The van der Waals surface area contributed by atoms with E-state index in [9.17, 15) is 9.59 Å². The van der Waals surface area contributed by atoms with E-state index in [0.29, 0.717) is 17.0 Å². The van der Waals surface area contributed by atoms with Crippen LogP contribution in [0.2, 0.25) is 0 Å². The molecule has 0 spiro atoms. The molecule has 0 saturated heterocycles. The zero-order chi connectivity index (χ0) is 19.7. The lowest BCUT2D eigenvalue weighted by Gasteiger charge is -2.24. The number of pyridine rings is 1. The van der Waals surface area contributed by atoms with E-state index >= 15 is 0 Å². The second-order valence-electron chi connectivity index (χ2n) is 7.55. The summed E-state index contributed by atoms with van der Waals surface area (Å²) >= 11 is 0. The third-order valence-electron chi connectivity index (χ3n) is 5.42. The Labute approximate surface area is 164 Å². The van der Waals surface area contributed by atoms with Gasteiger partial charge in [-0.2, -0.15) is 0 Å². The molecule has 0 amide bonds. The highest BCUT2D eigenvalue weighted by molar-refractivity contribution is 6.07. The Hall–Kier alpha value is -3.01. The molecule has 2 aromatic carbocycles. The van der Waals surface area contributed by atoms with Gasteiger partial charge in [0, 0.05) is 16.6 Å². The molecule has 0 unspecified atom stereocenters. The number of fused-ring (bicyclic) bond motifs is 2. The van der Waals surface area contributed by atoms with Crippen LogP contribution in [0.5, 0.6) is 0 Å². The highest BCUT2D eigenvalue weighted by atomic mass is 16.5. The molecule has 142 valence electrons. The Kier molecular flexibility index (Phi) is 4.95. The molecule has 0 N–H and O–H groups in total. The van der Waals surface area contributed by atoms with Crippen molar-refractivity contribution in [3.63, 3.8) is 0 Å². The van der Waals surface area contributed by atoms with Gasteiger partial charge in [0.2, 0.25) is 5.78 Å². The second kappa shape index (κ2) is 7.55. The van der Waals surface area contributed by atoms with Gasteiger partial charge in [-0.25, -0.2) is 4.79 Å². The van der Waals surface area contributed by atoms with Gasteiger partial charge in [0.15, 0.2) is 6.10 Å². The number of nitrogens with zero attached hydrogens (tertiary/aromatic N) is 1. The molecule has 0 aliphatic heterocycles. The minimum absolute atomic E-state index is 0.199. The van der Waals surface area contributed by atoms with Crippen LogP contribution in [0.4, 0.5) is 0 Å². The van der Waals surface area contributed by atoms with Gasteiger partial charge < -0.3 is 4.74 Å². The summed E-state index contributed by atoms with van der Waals surface area (Å²) in [4.78, 5) is 30.6. The molecule has 4 rings (SSSR count). The van der Waals surface area contributed by atoms with E-state index in [1.165, 1.54) is 0 Å². The summed E-state index contributed by atoms with van der Waals surface area (Å²) in [6.45, 7) is 3.82. The first kappa shape index (κ1) is 18.4. The van der Waals surface area contributed by atoms with Crippen molar-refractivity contribution in [2.75, 3.05) is 0 Å². The zero-order valence-electron chi connectivity index (χ0n) is 16.1. The van der Waals surface area contributed by atoms with E-state index in [1.807, 2.05) is 30.3 Å².